The van der Waals surface area contributed by atoms with Crippen molar-refractivity contribution in [1.82, 2.24) is 0 Å². The first-order chi connectivity index (χ1) is 12.3. The van der Waals surface area contributed by atoms with Crippen molar-refractivity contribution in [3.63, 3.8) is 0 Å². The Labute approximate surface area is 157 Å². The van der Waals surface area contributed by atoms with Crippen LogP contribution in [0.5, 0.6) is 0 Å². The van der Waals surface area contributed by atoms with Gasteiger partial charge in [-0.3, -0.25) is 19.7 Å². The molecule has 0 spiro atoms. The molecule has 0 unspecified atom stereocenters. The molecule has 0 saturated heterocycles. The highest BCUT2D eigenvalue weighted by Crippen LogP contribution is 2.44. The summed E-state index contributed by atoms with van der Waals surface area (Å²) in [6.07, 6.45) is -0.441. The van der Waals surface area contributed by atoms with Gasteiger partial charge in [-0.1, -0.05) is 15.9 Å². The predicted molar refractivity (Wildman–Crippen MR) is 98.1 cm³/mol. The number of aliphatic hydroxyl groups is 1. The molecule has 2 aromatic rings. The van der Waals surface area contributed by atoms with Gasteiger partial charge >= 0.3 is 0 Å². The molecule has 3 rings (SSSR count). The maximum atomic E-state index is 12.8. The molecule has 2 aromatic carbocycles. The zero-order valence-electron chi connectivity index (χ0n) is 13.8. The van der Waals surface area contributed by atoms with E-state index in [-0.39, 0.29) is 11.3 Å². The smallest absolute Gasteiger partial charge is 0.269 e. The fourth-order valence-corrected chi connectivity index (χ4v) is 3.47. The number of carbonyl (C=O) groups excluding carboxylic acids is 2. The number of fused-ring (bicyclic) bond motifs is 1. The Kier molecular flexibility index (Phi) is 4.64. The van der Waals surface area contributed by atoms with E-state index in [1.165, 1.54) is 29.2 Å². The average molecular weight is 419 g/mol. The van der Waals surface area contributed by atoms with Gasteiger partial charge in [0.05, 0.1) is 17.0 Å². The summed E-state index contributed by atoms with van der Waals surface area (Å²) in [6, 6.07) is 10.2. The molecule has 134 valence electrons. The van der Waals surface area contributed by atoms with Gasteiger partial charge in [-0.15, -0.1) is 0 Å². The number of amides is 1. The molecule has 7 nitrogen and oxygen atoms in total. The molecule has 0 bridgehead atoms. The van der Waals surface area contributed by atoms with Crippen molar-refractivity contribution in [3.8, 4) is 0 Å². The first-order valence-corrected chi connectivity index (χ1v) is 8.69. The van der Waals surface area contributed by atoms with Crippen LogP contribution in [0.4, 0.5) is 11.4 Å². The number of benzene rings is 2. The Hall–Kier alpha value is -2.58. The van der Waals surface area contributed by atoms with E-state index in [1.807, 2.05) is 0 Å². The number of rotatable bonds is 5. The van der Waals surface area contributed by atoms with Crippen LogP contribution in [0.1, 0.15) is 29.3 Å². The molecule has 1 aliphatic heterocycles. The van der Waals surface area contributed by atoms with Crippen molar-refractivity contribution in [2.75, 3.05) is 11.4 Å². The lowest BCUT2D eigenvalue weighted by molar-refractivity contribution is -0.384. The molecule has 0 radical (unpaired) electrons. The summed E-state index contributed by atoms with van der Waals surface area (Å²) in [5, 5.41) is 21.8. The standard InChI is InChI=1S/C18H15BrN2O5/c1-2-20-15-8-5-12(19)9-14(15)18(24,17(20)23)10-16(22)11-3-6-13(7-4-11)21(25)26/h3-9,24H,2,10H2,1H3/t18-/m0/s1. The van der Waals surface area contributed by atoms with Gasteiger partial charge in [0.2, 0.25) is 0 Å². The van der Waals surface area contributed by atoms with E-state index in [9.17, 15) is 24.8 Å². The molecule has 0 saturated carbocycles. The average Bonchev–Trinajstić information content (AvgIpc) is 2.82. The van der Waals surface area contributed by atoms with E-state index in [0.717, 1.165) is 0 Å². The molecule has 1 N–H and O–H groups in total. The van der Waals surface area contributed by atoms with E-state index < -0.39 is 28.6 Å². The predicted octanol–water partition coefficient (Wildman–Crippen LogP) is 3.18. The minimum Gasteiger partial charge on any atom is -0.375 e. The molecule has 0 aromatic heterocycles. The maximum Gasteiger partial charge on any atom is 0.269 e. The molecule has 1 amide bonds. The number of non-ortho nitro benzene ring substituents is 1. The zero-order chi connectivity index (χ0) is 19.1. The highest BCUT2D eigenvalue weighted by atomic mass is 79.9. The van der Waals surface area contributed by atoms with Gasteiger partial charge in [0, 0.05) is 34.3 Å². The van der Waals surface area contributed by atoms with Crippen molar-refractivity contribution < 1.29 is 19.6 Å². The lowest BCUT2D eigenvalue weighted by atomic mass is 9.88. The fourth-order valence-electron chi connectivity index (χ4n) is 3.11. The third-order valence-electron chi connectivity index (χ3n) is 4.43. The summed E-state index contributed by atoms with van der Waals surface area (Å²) in [5.41, 5.74) is -0.964. The summed E-state index contributed by atoms with van der Waals surface area (Å²) in [6.45, 7) is 2.15. The number of ketones is 1. The highest BCUT2D eigenvalue weighted by molar-refractivity contribution is 9.10. The van der Waals surface area contributed by atoms with Crippen LogP contribution >= 0.6 is 15.9 Å². The quantitative estimate of drug-likeness (QED) is 0.456. The first-order valence-electron chi connectivity index (χ1n) is 7.90. The van der Waals surface area contributed by atoms with Crippen molar-refractivity contribution in [1.29, 1.82) is 0 Å². The minimum atomic E-state index is -1.96. The lowest BCUT2D eigenvalue weighted by Crippen LogP contribution is -2.41. The second kappa shape index (κ2) is 6.62. The maximum absolute atomic E-state index is 12.8. The third-order valence-corrected chi connectivity index (χ3v) is 4.92. The van der Waals surface area contributed by atoms with E-state index in [1.54, 1.807) is 25.1 Å². The number of anilines is 1. The summed E-state index contributed by atoms with van der Waals surface area (Å²) < 4.78 is 0.684. The Morgan fingerprint density at radius 1 is 1.27 bits per heavy atom. The Morgan fingerprint density at radius 2 is 1.92 bits per heavy atom. The monoisotopic (exact) mass is 418 g/mol. The van der Waals surface area contributed by atoms with Crippen LogP contribution in [0.25, 0.3) is 0 Å². The van der Waals surface area contributed by atoms with Crippen LogP contribution < -0.4 is 4.90 Å². The molecular formula is C18H15BrN2O5. The topological polar surface area (TPSA) is 101 Å². The molecule has 0 aliphatic carbocycles. The number of halogens is 1. The molecule has 1 heterocycles. The summed E-state index contributed by atoms with van der Waals surface area (Å²) in [7, 11) is 0. The second-order valence-corrected chi connectivity index (χ2v) is 6.89. The van der Waals surface area contributed by atoms with Crippen molar-refractivity contribution in [3.05, 3.63) is 68.2 Å². The van der Waals surface area contributed by atoms with Crippen molar-refractivity contribution >= 4 is 39.0 Å². The van der Waals surface area contributed by atoms with Gasteiger partial charge in [-0.05, 0) is 37.3 Å². The summed E-state index contributed by atoms with van der Waals surface area (Å²) in [4.78, 5) is 37.0. The number of nitro groups is 1. The van der Waals surface area contributed by atoms with E-state index in [0.29, 0.717) is 22.3 Å². The number of likely N-dealkylation sites (N-methyl/N-ethyl adjacent to an activating group) is 1. The van der Waals surface area contributed by atoms with Gasteiger partial charge in [0.1, 0.15) is 0 Å². The van der Waals surface area contributed by atoms with Gasteiger partial charge < -0.3 is 10.0 Å². The van der Waals surface area contributed by atoms with Gasteiger partial charge in [0.25, 0.3) is 11.6 Å². The number of hydrogen-bond acceptors (Lipinski definition) is 5. The zero-order valence-corrected chi connectivity index (χ0v) is 15.4. The van der Waals surface area contributed by atoms with Crippen LogP contribution in [-0.4, -0.2) is 28.3 Å². The lowest BCUT2D eigenvalue weighted by Gasteiger charge is -2.22. The van der Waals surface area contributed by atoms with E-state index in [2.05, 4.69) is 15.9 Å². The molecule has 1 atom stereocenters. The third kappa shape index (κ3) is 2.91. The Bertz CT molecular complexity index is 912. The number of nitrogens with zero attached hydrogens (tertiary/aromatic N) is 2. The van der Waals surface area contributed by atoms with Crippen LogP contribution in [0.2, 0.25) is 0 Å². The largest absolute Gasteiger partial charge is 0.375 e. The van der Waals surface area contributed by atoms with E-state index >= 15 is 0 Å². The van der Waals surface area contributed by atoms with Crippen LogP contribution in [0.3, 0.4) is 0 Å². The molecule has 0 fully saturated rings. The Balaban J connectivity index is 1.95. The van der Waals surface area contributed by atoms with Crippen LogP contribution in [0, 0.1) is 10.1 Å². The normalized spacial score (nSPS) is 18.7. The van der Waals surface area contributed by atoms with Gasteiger partial charge in [-0.25, -0.2) is 0 Å². The molecular weight excluding hydrogens is 404 g/mol. The first kappa shape index (κ1) is 18.2. The highest BCUT2D eigenvalue weighted by Gasteiger charge is 2.50. The summed E-state index contributed by atoms with van der Waals surface area (Å²) >= 11 is 3.32. The van der Waals surface area contributed by atoms with Crippen molar-refractivity contribution in [2.24, 2.45) is 0 Å². The number of hydrogen-bond donors (Lipinski definition) is 1. The number of Topliss-reactive ketones (excluding diaryl/α,β-unsaturated/α-hetero) is 1. The number of nitro benzene ring substituents is 1. The van der Waals surface area contributed by atoms with Crippen LogP contribution in [0.15, 0.2) is 46.9 Å². The SMILES string of the molecule is CCN1C(=O)[C@](O)(CC(=O)c2ccc([N+](=O)[O-])cc2)c2cc(Br)ccc21. The molecule has 26 heavy (non-hydrogen) atoms. The van der Waals surface area contributed by atoms with Gasteiger partial charge in [0.15, 0.2) is 11.4 Å². The molecule has 1 aliphatic rings. The summed E-state index contributed by atoms with van der Waals surface area (Å²) in [5.74, 6) is -1.03. The van der Waals surface area contributed by atoms with Gasteiger partial charge in [-0.2, -0.15) is 0 Å². The minimum absolute atomic E-state index is 0.136. The number of carbonyl (C=O) groups is 2. The fraction of sp³-hybridized carbons (Fsp3) is 0.222. The molecule has 8 heteroatoms. The van der Waals surface area contributed by atoms with Crippen LogP contribution in [-0.2, 0) is 10.4 Å². The Morgan fingerprint density at radius 3 is 2.50 bits per heavy atom. The second-order valence-electron chi connectivity index (χ2n) is 5.98. The van der Waals surface area contributed by atoms with Crippen molar-refractivity contribution in [2.45, 2.75) is 18.9 Å². The van der Waals surface area contributed by atoms with E-state index in [4.69, 9.17) is 0 Å².